The fourth-order valence-corrected chi connectivity index (χ4v) is 2.14. The van der Waals surface area contributed by atoms with E-state index < -0.39 is 0 Å². The van der Waals surface area contributed by atoms with Crippen LogP contribution in [0.3, 0.4) is 0 Å². The normalized spacial score (nSPS) is 20.7. The first-order chi connectivity index (χ1) is 9.04. The largest absolute Gasteiger partial charge is 0.422 e. The Morgan fingerprint density at radius 2 is 2.11 bits per heavy atom. The molecule has 2 heterocycles. The number of aryl methyl sites for hydroxylation is 1. The Kier molecular flexibility index (Phi) is 4.93. The van der Waals surface area contributed by atoms with E-state index in [1.165, 1.54) is 6.42 Å². The highest BCUT2D eigenvalue weighted by Gasteiger charge is 2.21. The van der Waals surface area contributed by atoms with Gasteiger partial charge in [0.25, 0.3) is 0 Å². The minimum absolute atomic E-state index is 0.0164. The molecule has 1 unspecified atom stereocenters. The second-order valence-electron chi connectivity index (χ2n) is 6.17. The first kappa shape index (κ1) is 14.5. The van der Waals surface area contributed by atoms with Crippen molar-refractivity contribution in [3.8, 4) is 0 Å². The van der Waals surface area contributed by atoms with E-state index in [4.69, 9.17) is 9.15 Å². The molecular formula is C14H25N3O2. The molecule has 0 aromatic carbocycles. The van der Waals surface area contributed by atoms with Gasteiger partial charge in [0.2, 0.25) is 11.8 Å². The van der Waals surface area contributed by atoms with Gasteiger partial charge in [0.1, 0.15) is 6.10 Å². The fourth-order valence-electron chi connectivity index (χ4n) is 2.14. The maximum Gasteiger partial charge on any atom is 0.245 e. The molecular weight excluding hydrogens is 242 g/mol. The first-order valence-corrected chi connectivity index (χ1v) is 7.23. The van der Waals surface area contributed by atoms with Gasteiger partial charge in [0.05, 0.1) is 0 Å². The van der Waals surface area contributed by atoms with E-state index in [0.29, 0.717) is 5.89 Å². The van der Waals surface area contributed by atoms with Crippen LogP contribution < -0.4 is 5.32 Å². The zero-order chi connectivity index (χ0) is 13.7. The number of nitrogens with zero attached hydrogens (tertiary/aromatic N) is 2. The standard InChI is InChI=1S/C14H25N3O2/c1-14(2,3)15-9-6-8-12-16-17-13(19-12)11-7-4-5-10-18-11/h11,15H,4-10H2,1-3H3. The van der Waals surface area contributed by atoms with Gasteiger partial charge < -0.3 is 14.5 Å². The molecule has 1 aromatic rings. The van der Waals surface area contributed by atoms with Gasteiger partial charge in [-0.2, -0.15) is 0 Å². The third-order valence-corrected chi connectivity index (χ3v) is 3.16. The number of aromatic nitrogens is 2. The van der Waals surface area contributed by atoms with Crippen molar-refractivity contribution in [2.45, 2.75) is 64.5 Å². The van der Waals surface area contributed by atoms with Gasteiger partial charge in [-0.25, -0.2) is 0 Å². The third kappa shape index (κ3) is 4.91. The van der Waals surface area contributed by atoms with Crippen molar-refractivity contribution in [1.29, 1.82) is 0 Å². The zero-order valence-electron chi connectivity index (χ0n) is 12.2. The van der Waals surface area contributed by atoms with E-state index in [0.717, 1.165) is 44.7 Å². The molecule has 5 nitrogen and oxygen atoms in total. The van der Waals surface area contributed by atoms with Crippen molar-refractivity contribution in [3.05, 3.63) is 11.8 Å². The van der Waals surface area contributed by atoms with Gasteiger partial charge in [-0.05, 0) is 53.0 Å². The Morgan fingerprint density at radius 1 is 1.26 bits per heavy atom. The molecule has 1 aliphatic rings. The molecule has 5 heteroatoms. The van der Waals surface area contributed by atoms with Crippen molar-refractivity contribution < 1.29 is 9.15 Å². The van der Waals surface area contributed by atoms with Crippen LogP contribution in [0.4, 0.5) is 0 Å². The average Bonchev–Trinajstić information content (AvgIpc) is 2.83. The lowest BCUT2D eigenvalue weighted by Gasteiger charge is -2.20. The highest BCUT2D eigenvalue weighted by molar-refractivity contribution is 4.88. The molecule has 0 bridgehead atoms. The summed E-state index contributed by atoms with van der Waals surface area (Å²) in [4.78, 5) is 0. The maximum absolute atomic E-state index is 5.68. The number of ether oxygens (including phenoxy) is 1. The summed E-state index contributed by atoms with van der Waals surface area (Å²) in [5.74, 6) is 1.37. The Bertz CT molecular complexity index is 378. The third-order valence-electron chi connectivity index (χ3n) is 3.16. The predicted octanol–water partition coefficient (Wildman–Crippen LogP) is 2.63. The summed E-state index contributed by atoms with van der Waals surface area (Å²) in [6, 6.07) is 0. The summed E-state index contributed by atoms with van der Waals surface area (Å²) in [5.41, 5.74) is 0.163. The second-order valence-corrected chi connectivity index (χ2v) is 6.17. The van der Waals surface area contributed by atoms with Crippen LogP contribution >= 0.6 is 0 Å². The van der Waals surface area contributed by atoms with Crippen molar-refractivity contribution >= 4 is 0 Å². The number of rotatable bonds is 5. The molecule has 0 saturated carbocycles. The smallest absolute Gasteiger partial charge is 0.245 e. The topological polar surface area (TPSA) is 60.2 Å². The molecule has 1 aliphatic heterocycles. The molecule has 19 heavy (non-hydrogen) atoms. The van der Waals surface area contributed by atoms with Crippen LogP contribution in [0.5, 0.6) is 0 Å². The summed E-state index contributed by atoms with van der Waals surface area (Å²) in [7, 11) is 0. The minimum atomic E-state index is 0.0164. The van der Waals surface area contributed by atoms with Crippen LogP contribution in [-0.2, 0) is 11.2 Å². The fraction of sp³-hybridized carbons (Fsp3) is 0.857. The lowest BCUT2D eigenvalue weighted by molar-refractivity contribution is -0.00211. The first-order valence-electron chi connectivity index (χ1n) is 7.23. The highest BCUT2D eigenvalue weighted by Crippen LogP contribution is 2.26. The van der Waals surface area contributed by atoms with Crippen molar-refractivity contribution in [2.75, 3.05) is 13.2 Å². The Balaban J connectivity index is 1.74. The predicted molar refractivity (Wildman–Crippen MR) is 72.9 cm³/mol. The highest BCUT2D eigenvalue weighted by atomic mass is 16.5. The van der Waals surface area contributed by atoms with Gasteiger partial charge in [-0.1, -0.05) is 0 Å². The minimum Gasteiger partial charge on any atom is -0.422 e. The molecule has 1 saturated heterocycles. The van der Waals surface area contributed by atoms with Gasteiger partial charge in [0, 0.05) is 18.6 Å². The van der Waals surface area contributed by atoms with Crippen LogP contribution in [0.1, 0.15) is 64.3 Å². The summed E-state index contributed by atoms with van der Waals surface area (Å²) in [6.45, 7) is 8.26. The van der Waals surface area contributed by atoms with E-state index in [1.54, 1.807) is 0 Å². The lowest BCUT2D eigenvalue weighted by atomic mass is 10.1. The van der Waals surface area contributed by atoms with Crippen molar-refractivity contribution in [2.24, 2.45) is 0 Å². The summed E-state index contributed by atoms with van der Waals surface area (Å²) < 4.78 is 11.3. The van der Waals surface area contributed by atoms with Crippen LogP contribution in [0.2, 0.25) is 0 Å². The molecule has 1 aromatic heterocycles. The number of hydrogen-bond acceptors (Lipinski definition) is 5. The molecule has 1 atom stereocenters. The average molecular weight is 267 g/mol. The Morgan fingerprint density at radius 3 is 2.79 bits per heavy atom. The van der Waals surface area contributed by atoms with E-state index >= 15 is 0 Å². The molecule has 108 valence electrons. The van der Waals surface area contributed by atoms with E-state index in [2.05, 4.69) is 36.3 Å². The molecule has 1 N–H and O–H groups in total. The van der Waals surface area contributed by atoms with Crippen LogP contribution in [0, 0.1) is 0 Å². The van der Waals surface area contributed by atoms with Crippen LogP contribution in [0.25, 0.3) is 0 Å². The zero-order valence-corrected chi connectivity index (χ0v) is 12.2. The molecule has 0 amide bonds. The maximum atomic E-state index is 5.68. The molecule has 0 radical (unpaired) electrons. The second kappa shape index (κ2) is 6.48. The Hall–Kier alpha value is -0.940. The number of nitrogens with one attached hydrogen (secondary N) is 1. The van der Waals surface area contributed by atoms with E-state index in [-0.39, 0.29) is 11.6 Å². The van der Waals surface area contributed by atoms with Gasteiger partial charge >= 0.3 is 0 Å². The van der Waals surface area contributed by atoms with E-state index in [9.17, 15) is 0 Å². The van der Waals surface area contributed by atoms with Crippen molar-refractivity contribution in [3.63, 3.8) is 0 Å². The molecule has 1 fully saturated rings. The Labute approximate surface area is 115 Å². The SMILES string of the molecule is CC(C)(C)NCCCc1nnc(C2CCCCO2)o1. The van der Waals surface area contributed by atoms with Gasteiger partial charge in [-0.15, -0.1) is 10.2 Å². The van der Waals surface area contributed by atoms with Crippen LogP contribution in [0.15, 0.2) is 4.42 Å². The molecule has 0 aliphatic carbocycles. The van der Waals surface area contributed by atoms with Crippen LogP contribution in [-0.4, -0.2) is 28.9 Å². The number of hydrogen-bond donors (Lipinski definition) is 1. The molecule has 0 spiro atoms. The van der Waals surface area contributed by atoms with Gasteiger partial charge in [0.15, 0.2) is 0 Å². The van der Waals surface area contributed by atoms with Crippen molar-refractivity contribution in [1.82, 2.24) is 15.5 Å². The van der Waals surface area contributed by atoms with Gasteiger partial charge in [-0.3, -0.25) is 0 Å². The summed E-state index contributed by atoms with van der Waals surface area (Å²) in [6.07, 6.45) is 5.15. The summed E-state index contributed by atoms with van der Waals surface area (Å²) in [5, 5.41) is 11.7. The monoisotopic (exact) mass is 267 g/mol. The lowest BCUT2D eigenvalue weighted by Crippen LogP contribution is -2.36. The molecule has 2 rings (SSSR count). The van der Waals surface area contributed by atoms with E-state index in [1.807, 2.05) is 0 Å². The summed E-state index contributed by atoms with van der Waals surface area (Å²) >= 11 is 0. The quantitative estimate of drug-likeness (QED) is 0.831.